The Morgan fingerprint density at radius 3 is 3.00 bits per heavy atom. The van der Waals surface area contributed by atoms with Crippen molar-refractivity contribution in [3.8, 4) is 0 Å². The van der Waals surface area contributed by atoms with Gasteiger partial charge < -0.3 is 4.74 Å². The highest BCUT2D eigenvalue weighted by molar-refractivity contribution is 7.10. The van der Waals surface area contributed by atoms with Crippen LogP contribution >= 0.6 is 22.9 Å². The van der Waals surface area contributed by atoms with E-state index in [2.05, 4.69) is 23.3 Å². The minimum absolute atomic E-state index is 0.199. The van der Waals surface area contributed by atoms with Crippen LogP contribution < -0.4 is 0 Å². The maximum Gasteiger partial charge on any atom is 0.328 e. The van der Waals surface area contributed by atoms with E-state index in [4.69, 9.17) is 16.3 Å². The minimum atomic E-state index is -0.441. The predicted molar refractivity (Wildman–Crippen MR) is 98.5 cm³/mol. The highest BCUT2D eigenvalue weighted by atomic mass is 35.5. The Balaban J connectivity index is 1.85. The number of unbranched alkanes of at least 4 members (excludes halogenated alkanes) is 1. The van der Waals surface area contributed by atoms with Crippen molar-refractivity contribution >= 4 is 28.9 Å². The molecule has 1 aliphatic heterocycles. The van der Waals surface area contributed by atoms with Crippen molar-refractivity contribution in [2.75, 3.05) is 13.2 Å². The Labute approximate surface area is 152 Å². The number of ether oxygens (including phenoxy) is 1. The first-order chi connectivity index (χ1) is 11.7. The van der Waals surface area contributed by atoms with E-state index in [9.17, 15) is 4.79 Å². The van der Waals surface area contributed by atoms with Crippen LogP contribution in [0.1, 0.15) is 41.8 Å². The van der Waals surface area contributed by atoms with Gasteiger partial charge >= 0.3 is 5.97 Å². The Morgan fingerprint density at radius 1 is 1.38 bits per heavy atom. The van der Waals surface area contributed by atoms with Gasteiger partial charge in [0.05, 0.1) is 6.61 Å². The lowest BCUT2D eigenvalue weighted by Crippen LogP contribution is -2.38. The quantitative estimate of drug-likeness (QED) is 0.543. The molecule has 3 nitrogen and oxygen atoms in total. The third kappa shape index (κ3) is 3.82. The molecule has 5 heteroatoms. The van der Waals surface area contributed by atoms with Gasteiger partial charge in [0.1, 0.15) is 6.04 Å². The summed E-state index contributed by atoms with van der Waals surface area (Å²) in [4.78, 5) is 16.4. The standard InChI is InChI=1S/C19H22ClNO2S/c1-2-3-11-23-19(22)18(15-6-4-5-7-16(15)20)21-10-8-17-14(13-21)9-12-24-17/h4-7,9,12,18H,2-3,8,10-11,13H2,1H3. The Bertz CT molecular complexity index is 700. The topological polar surface area (TPSA) is 29.5 Å². The van der Waals surface area contributed by atoms with E-state index in [0.717, 1.165) is 37.9 Å². The number of fused-ring (bicyclic) bond motifs is 1. The molecule has 0 bridgehead atoms. The molecule has 0 fully saturated rings. The summed E-state index contributed by atoms with van der Waals surface area (Å²) < 4.78 is 5.54. The molecular formula is C19H22ClNO2S. The first-order valence-electron chi connectivity index (χ1n) is 8.41. The lowest BCUT2D eigenvalue weighted by molar-refractivity contribution is -0.151. The van der Waals surface area contributed by atoms with Crippen LogP contribution in [0.25, 0.3) is 0 Å². The zero-order valence-electron chi connectivity index (χ0n) is 13.8. The van der Waals surface area contributed by atoms with Crippen LogP contribution in [0.2, 0.25) is 5.02 Å². The van der Waals surface area contributed by atoms with Crippen LogP contribution in [0.4, 0.5) is 0 Å². The van der Waals surface area contributed by atoms with E-state index in [1.54, 1.807) is 11.3 Å². The van der Waals surface area contributed by atoms with Gasteiger partial charge in [-0.05, 0) is 41.5 Å². The molecule has 3 rings (SSSR count). The number of halogens is 1. The van der Waals surface area contributed by atoms with Crippen molar-refractivity contribution < 1.29 is 9.53 Å². The van der Waals surface area contributed by atoms with Gasteiger partial charge in [-0.2, -0.15) is 0 Å². The number of nitrogens with zero attached hydrogens (tertiary/aromatic N) is 1. The van der Waals surface area contributed by atoms with Crippen molar-refractivity contribution in [1.82, 2.24) is 4.90 Å². The van der Waals surface area contributed by atoms with Gasteiger partial charge in [-0.1, -0.05) is 43.1 Å². The molecule has 0 aliphatic carbocycles. The van der Waals surface area contributed by atoms with Crippen LogP contribution in [0.15, 0.2) is 35.7 Å². The second kappa shape index (κ2) is 8.15. The number of esters is 1. The maximum absolute atomic E-state index is 12.8. The molecule has 0 amide bonds. The number of thiophene rings is 1. The molecule has 0 saturated heterocycles. The molecule has 1 aromatic carbocycles. The number of hydrogen-bond acceptors (Lipinski definition) is 4. The van der Waals surface area contributed by atoms with Crippen LogP contribution in [-0.2, 0) is 22.5 Å². The summed E-state index contributed by atoms with van der Waals surface area (Å²) in [6.07, 6.45) is 2.86. The Hall–Kier alpha value is -1.36. The second-order valence-corrected chi connectivity index (χ2v) is 7.44. The largest absolute Gasteiger partial charge is 0.464 e. The monoisotopic (exact) mass is 363 g/mol. The number of carbonyl (C=O) groups is 1. The summed E-state index contributed by atoms with van der Waals surface area (Å²) >= 11 is 8.18. The molecule has 2 heterocycles. The zero-order chi connectivity index (χ0) is 16.9. The molecule has 1 unspecified atom stereocenters. The third-order valence-electron chi connectivity index (χ3n) is 4.37. The molecule has 0 saturated carbocycles. The van der Waals surface area contributed by atoms with Gasteiger partial charge in [-0.25, -0.2) is 4.79 Å². The maximum atomic E-state index is 12.8. The third-order valence-corrected chi connectivity index (χ3v) is 5.73. The van der Waals surface area contributed by atoms with Crippen LogP contribution in [-0.4, -0.2) is 24.0 Å². The minimum Gasteiger partial charge on any atom is -0.464 e. The first-order valence-corrected chi connectivity index (χ1v) is 9.66. The fourth-order valence-electron chi connectivity index (χ4n) is 3.06. The summed E-state index contributed by atoms with van der Waals surface area (Å²) in [7, 11) is 0. The molecule has 0 radical (unpaired) electrons. The highest BCUT2D eigenvalue weighted by Gasteiger charge is 2.33. The summed E-state index contributed by atoms with van der Waals surface area (Å²) in [5, 5.41) is 2.74. The van der Waals surface area contributed by atoms with E-state index in [-0.39, 0.29) is 5.97 Å². The summed E-state index contributed by atoms with van der Waals surface area (Å²) in [6.45, 7) is 4.15. The lowest BCUT2D eigenvalue weighted by Gasteiger charge is -2.33. The average Bonchev–Trinajstić information content (AvgIpc) is 3.05. The molecule has 1 atom stereocenters. The molecule has 0 spiro atoms. The van der Waals surface area contributed by atoms with Crippen molar-refractivity contribution in [1.29, 1.82) is 0 Å². The SMILES string of the molecule is CCCCOC(=O)C(c1ccccc1Cl)N1CCc2sccc2C1. The fourth-order valence-corrected chi connectivity index (χ4v) is 4.19. The first kappa shape index (κ1) is 17.5. The average molecular weight is 364 g/mol. The van der Waals surface area contributed by atoms with E-state index < -0.39 is 6.04 Å². The number of carbonyl (C=O) groups excluding carboxylic acids is 1. The number of rotatable bonds is 6. The summed E-state index contributed by atoms with van der Waals surface area (Å²) in [6, 6.07) is 9.29. The Kier molecular flexibility index (Phi) is 5.93. The van der Waals surface area contributed by atoms with Gasteiger partial charge in [0.25, 0.3) is 0 Å². The van der Waals surface area contributed by atoms with E-state index in [1.807, 2.05) is 24.3 Å². The number of hydrogen-bond donors (Lipinski definition) is 0. The van der Waals surface area contributed by atoms with Gasteiger partial charge in [0, 0.05) is 23.0 Å². The van der Waals surface area contributed by atoms with Crippen molar-refractivity contribution in [2.24, 2.45) is 0 Å². The van der Waals surface area contributed by atoms with Crippen LogP contribution in [0, 0.1) is 0 Å². The normalized spacial score (nSPS) is 15.8. The second-order valence-electron chi connectivity index (χ2n) is 6.03. The molecule has 24 heavy (non-hydrogen) atoms. The highest BCUT2D eigenvalue weighted by Crippen LogP contribution is 2.34. The van der Waals surface area contributed by atoms with E-state index >= 15 is 0 Å². The predicted octanol–water partition coefficient (Wildman–Crippen LogP) is 4.84. The van der Waals surface area contributed by atoms with Crippen LogP contribution in [0.5, 0.6) is 0 Å². The van der Waals surface area contributed by atoms with Crippen molar-refractivity contribution in [3.05, 3.63) is 56.7 Å². The Morgan fingerprint density at radius 2 is 2.21 bits per heavy atom. The molecular weight excluding hydrogens is 342 g/mol. The van der Waals surface area contributed by atoms with Gasteiger partial charge in [-0.3, -0.25) is 4.90 Å². The molecule has 0 N–H and O–H groups in total. The number of benzene rings is 1. The lowest BCUT2D eigenvalue weighted by atomic mass is 10.0. The molecule has 2 aromatic rings. The molecule has 128 valence electrons. The zero-order valence-corrected chi connectivity index (χ0v) is 15.4. The van der Waals surface area contributed by atoms with Crippen LogP contribution in [0.3, 0.4) is 0 Å². The smallest absolute Gasteiger partial charge is 0.328 e. The van der Waals surface area contributed by atoms with E-state index in [1.165, 1.54) is 10.4 Å². The van der Waals surface area contributed by atoms with Gasteiger partial charge in [-0.15, -0.1) is 11.3 Å². The van der Waals surface area contributed by atoms with Gasteiger partial charge in [0.15, 0.2) is 0 Å². The fraction of sp³-hybridized carbons (Fsp3) is 0.421. The van der Waals surface area contributed by atoms with Crippen molar-refractivity contribution in [3.63, 3.8) is 0 Å². The van der Waals surface area contributed by atoms with E-state index in [0.29, 0.717) is 11.6 Å². The molecule has 1 aromatic heterocycles. The van der Waals surface area contributed by atoms with Crippen molar-refractivity contribution in [2.45, 2.75) is 38.8 Å². The summed E-state index contributed by atoms with van der Waals surface area (Å²) in [5.41, 5.74) is 2.14. The summed E-state index contributed by atoms with van der Waals surface area (Å²) in [5.74, 6) is -0.199. The molecule has 1 aliphatic rings. The van der Waals surface area contributed by atoms with Gasteiger partial charge in [0.2, 0.25) is 0 Å².